The van der Waals surface area contributed by atoms with E-state index in [0.29, 0.717) is 12.1 Å². The zero-order valence-electron chi connectivity index (χ0n) is 10.8. The summed E-state index contributed by atoms with van der Waals surface area (Å²) in [7, 11) is 0. The maximum absolute atomic E-state index is 2.59. The molecule has 2 aromatic carbocycles. The molecule has 1 heterocycles. The SMILES string of the molecule is CC1CCN1C(c1ccccc1)c1ccccc1. The molecule has 0 N–H and O–H groups in total. The lowest BCUT2D eigenvalue weighted by Gasteiger charge is -2.45. The van der Waals surface area contributed by atoms with Crippen LogP contribution in [0.1, 0.15) is 30.5 Å². The van der Waals surface area contributed by atoms with Gasteiger partial charge in [-0.1, -0.05) is 60.7 Å². The highest BCUT2D eigenvalue weighted by Gasteiger charge is 2.32. The molecule has 3 rings (SSSR count). The minimum Gasteiger partial charge on any atom is -0.290 e. The van der Waals surface area contributed by atoms with Gasteiger partial charge in [-0.15, -0.1) is 0 Å². The Balaban J connectivity index is 1.99. The fourth-order valence-electron chi connectivity index (χ4n) is 2.77. The summed E-state index contributed by atoms with van der Waals surface area (Å²) < 4.78 is 0. The predicted molar refractivity (Wildman–Crippen MR) is 75.5 cm³/mol. The van der Waals surface area contributed by atoms with Gasteiger partial charge in [0.05, 0.1) is 6.04 Å². The molecule has 0 saturated carbocycles. The summed E-state index contributed by atoms with van der Waals surface area (Å²) in [5, 5.41) is 0. The van der Waals surface area contributed by atoms with Crippen LogP contribution in [-0.4, -0.2) is 17.5 Å². The summed E-state index contributed by atoms with van der Waals surface area (Å²) in [5.74, 6) is 0. The normalized spacial score (nSPS) is 19.8. The Labute approximate surface area is 109 Å². The van der Waals surface area contributed by atoms with E-state index in [1.54, 1.807) is 0 Å². The average molecular weight is 237 g/mol. The Bertz CT molecular complexity index is 452. The van der Waals surface area contributed by atoms with E-state index in [1.165, 1.54) is 24.1 Å². The van der Waals surface area contributed by atoms with Crippen molar-refractivity contribution >= 4 is 0 Å². The molecule has 1 nitrogen and oxygen atoms in total. The van der Waals surface area contributed by atoms with Crippen LogP contribution in [0.5, 0.6) is 0 Å². The van der Waals surface area contributed by atoms with E-state index >= 15 is 0 Å². The van der Waals surface area contributed by atoms with Gasteiger partial charge in [0.25, 0.3) is 0 Å². The van der Waals surface area contributed by atoms with Crippen molar-refractivity contribution in [2.45, 2.75) is 25.4 Å². The summed E-state index contributed by atoms with van der Waals surface area (Å²) >= 11 is 0. The summed E-state index contributed by atoms with van der Waals surface area (Å²) in [4.78, 5) is 2.59. The third-order valence-electron chi connectivity index (χ3n) is 3.93. The first-order chi connectivity index (χ1) is 8.86. The largest absolute Gasteiger partial charge is 0.290 e. The van der Waals surface area contributed by atoms with Crippen LogP contribution >= 0.6 is 0 Å². The Hall–Kier alpha value is -1.60. The lowest BCUT2D eigenvalue weighted by Crippen LogP contribution is -2.47. The lowest BCUT2D eigenvalue weighted by molar-refractivity contribution is 0.0700. The molecule has 1 aliphatic rings. The predicted octanol–water partition coefficient (Wildman–Crippen LogP) is 3.87. The zero-order valence-corrected chi connectivity index (χ0v) is 10.8. The number of hydrogen-bond acceptors (Lipinski definition) is 1. The molecule has 1 saturated heterocycles. The van der Waals surface area contributed by atoms with E-state index in [2.05, 4.69) is 72.5 Å². The highest BCUT2D eigenvalue weighted by atomic mass is 15.2. The molecular weight excluding hydrogens is 218 g/mol. The lowest BCUT2D eigenvalue weighted by atomic mass is 9.91. The molecule has 92 valence electrons. The highest BCUT2D eigenvalue weighted by molar-refractivity contribution is 5.32. The van der Waals surface area contributed by atoms with Gasteiger partial charge >= 0.3 is 0 Å². The van der Waals surface area contributed by atoms with Gasteiger partial charge in [0.1, 0.15) is 0 Å². The van der Waals surface area contributed by atoms with Crippen molar-refractivity contribution in [3.05, 3.63) is 71.8 Å². The Morgan fingerprint density at radius 2 is 1.39 bits per heavy atom. The number of benzene rings is 2. The zero-order chi connectivity index (χ0) is 12.4. The molecule has 1 aliphatic heterocycles. The maximum Gasteiger partial charge on any atom is 0.0604 e. The van der Waals surface area contributed by atoms with Crippen LogP contribution < -0.4 is 0 Å². The molecule has 1 fully saturated rings. The summed E-state index contributed by atoms with van der Waals surface area (Å²) in [5.41, 5.74) is 2.80. The van der Waals surface area contributed by atoms with Crippen LogP contribution in [0.2, 0.25) is 0 Å². The van der Waals surface area contributed by atoms with E-state index in [1.807, 2.05) is 0 Å². The maximum atomic E-state index is 2.59. The van der Waals surface area contributed by atoms with E-state index in [-0.39, 0.29) is 0 Å². The van der Waals surface area contributed by atoms with Crippen molar-refractivity contribution in [1.82, 2.24) is 4.90 Å². The molecule has 0 amide bonds. The molecule has 0 bridgehead atoms. The standard InChI is InChI=1S/C17H19N/c1-14-12-13-18(14)17(15-8-4-2-5-9-15)16-10-6-3-7-11-16/h2-11,14,17H,12-13H2,1H3. The van der Waals surface area contributed by atoms with Gasteiger partial charge in [-0.25, -0.2) is 0 Å². The second-order valence-electron chi connectivity index (χ2n) is 5.10. The first-order valence-electron chi connectivity index (χ1n) is 6.72. The van der Waals surface area contributed by atoms with Crippen molar-refractivity contribution in [2.75, 3.05) is 6.54 Å². The Morgan fingerprint density at radius 1 is 0.889 bits per heavy atom. The second-order valence-corrected chi connectivity index (χ2v) is 5.10. The first kappa shape index (κ1) is 11.5. The van der Waals surface area contributed by atoms with Gasteiger partial charge in [-0.3, -0.25) is 4.90 Å². The summed E-state index contributed by atoms with van der Waals surface area (Å²) in [6.45, 7) is 3.53. The molecule has 0 aliphatic carbocycles. The van der Waals surface area contributed by atoms with E-state index in [9.17, 15) is 0 Å². The summed E-state index contributed by atoms with van der Waals surface area (Å²) in [6, 6.07) is 22.8. The second kappa shape index (κ2) is 4.95. The van der Waals surface area contributed by atoms with E-state index in [4.69, 9.17) is 0 Å². The van der Waals surface area contributed by atoms with Crippen molar-refractivity contribution in [2.24, 2.45) is 0 Å². The Morgan fingerprint density at radius 3 is 1.72 bits per heavy atom. The van der Waals surface area contributed by atoms with Crippen LogP contribution in [0.15, 0.2) is 60.7 Å². The minimum absolute atomic E-state index is 0.413. The Kier molecular flexibility index (Phi) is 3.16. The van der Waals surface area contributed by atoms with Crippen molar-refractivity contribution in [3.8, 4) is 0 Å². The quantitative estimate of drug-likeness (QED) is 0.783. The minimum atomic E-state index is 0.413. The number of likely N-dealkylation sites (tertiary alicyclic amines) is 1. The molecule has 0 radical (unpaired) electrons. The molecule has 1 atom stereocenters. The fraction of sp³-hybridized carbons (Fsp3) is 0.294. The van der Waals surface area contributed by atoms with E-state index in [0.717, 1.165) is 0 Å². The van der Waals surface area contributed by atoms with Gasteiger partial charge in [0, 0.05) is 12.6 Å². The van der Waals surface area contributed by atoms with Crippen LogP contribution in [0.25, 0.3) is 0 Å². The topological polar surface area (TPSA) is 3.24 Å². The third kappa shape index (κ3) is 2.06. The molecule has 18 heavy (non-hydrogen) atoms. The van der Waals surface area contributed by atoms with Crippen LogP contribution in [0.3, 0.4) is 0 Å². The fourth-order valence-corrected chi connectivity index (χ4v) is 2.77. The molecule has 0 spiro atoms. The summed E-state index contributed by atoms with van der Waals surface area (Å²) in [6.07, 6.45) is 1.32. The monoisotopic (exact) mass is 237 g/mol. The van der Waals surface area contributed by atoms with E-state index < -0.39 is 0 Å². The van der Waals surface area contributed by atoms with Crippen LogP contribution in [-0.2, 0) is 0 Å². The van der Waals surface area contributed by atoms with Gasteiger partial charge in [-0.05, 0) is 24.5 Å². The smallest absolute Gasteiger partial charge is 0.0604 e. The van der Waals surface area contributed by atoms with Crippen molar-refractivity contribution in [1.29, 1.82) is 0 Å². The van der Waals surface area contributed by atoms with Crippen LogP contribution in [0, 0.1) is 0 Å². The van der Waals surface area contributed by atoms with Gasteiger partial charge in [0.2, 0.25) is 0 Å². The third-order valence-corrected chi connectivity index (χ3v) is 3.93. The van der Waals surface area contributed by atoms with Crippen molar-refractivity contribution < 1.29 is 0 Å². The molecule has 1 heteroatoms. The number of nitrogens with zero attached hydrogens (tertiary/aromatic N) is 1. The number of rotatable bonds is 3. The van der Waals surface area contributed by atoms with Gasteiger partial charge in [0.15, 0.2) is 0 Å². The van der Waals surface area contributed by atoms with Gasteiger partial charge < -0.3 is 0 Å². The van der Waals surface area contributed by atoms with Crippen LogP contribution in [0.4, 0.5) is 0 Å². The molecule has 2 aromatic rings. The highest BCUT2D eigenvalue weighted by Crippen LogP contribution is 2.35. The number of hydrogen-bond donors (Lipinski definition) is 0. The average Bonchev–Trinajstić information content (AvgIpc) is 2.45. The molecular formula is C17H19N. The van der Waals surface area contributed by atoms with Gasteiger partial charge in [-0.2, -0.15) is 0 Å². The molecule has 0 aromatic heterocycles. The molecule has 1 unspecified atom stereocenters. The van der Waals surface area contributed by atoms with Crippen molar-refractivity contribution in [3.63, 3.8) is 0 Å². The first-order valence-corrected chi connectivity index (χ1v) is 6.72.